The van der Waals surface area contributed by atoms with E-state index in [4.69, 9.17) is 4.42 Å². The van der Waals surface area contributed by atoms with Crippen LogP contribution in [0, 0.1) is 0 Å². The summed E-state index contributed by atoms with van der Waals surface area (Å²) in [5.41, 5.74) is 1.06. The van der Waals surface area contributed by atoms with Crippen molar-refractivity contribution in [1.29, 1.82) is 0 Å². The molecule has 0 aliphatic rings. The van der Waals surface area contributed by atoms with E-state index in [1.54, 1.807) is 6.26 Å². The Labute approximate surface area is 116 Å². The van der Waals surface area contributed by atoms with Gasteiger partial charge in [-0.2, -0.15) is 0 Å². The van der Waals surface area contributed by atoms with E-state index < -0.39 is 0 Å². The van der Waals surface area contributed by atoms with Crippen LogP contribution in [0.1, 0.15) is 30.8 Å². The van der Waals surface area contributed by atoms with Crippen molar-refractivity contribution in [2.45, 2.75) is 25.8 Å². The molecule has 1 atom stereocenters. The van der Waals surface area contributed by atoms with Crippen LogP contribution in [0.5, 0.6) is 0 Å². The molecule has 0 radical (unpaired) electrons. The zero-order valence-corrected chi connectivity index (χ0v) is 12.0. The molecule has 0 saturated carbocycles. The molecule has 0 aliphatic carbocycles. The van der Waals surface area contributed by atoms with Crippen LogP contribution in [0.3, 0.4) is 0 Å². The normalized spacial score (nSPS) is 12.6. The molecule has 4 heteroatoms. The van der Waals surface area contributed by atoms with E-state index in [9.17, 15) is 0 Å². The molecule has 2 aromatic rings. The van der Waals surface area contributed by atoms with Gasteiger partial charge >= 0.3 is 0 Å². The highest BCUT2D eigenvalue weighted by molar-refractivity contribution is 9.10. The van der Waals surface area contributed by atoms with Gasteiger partial charge in [0.1, 0.15) is 5.76 Å². The Kier molecular flexibility index (Phi) is 4.96. The third-order valence-corrected chi connectivity index (χ3v) is 3.40. The van der Waals surface area contributed by atoms with Gasteiger partial charge in [0.25, 0.3) is 0 Å². The van der Waals surface area contributed by atoms with Gasteiger partial charge in [-0.15, -0.1) is 0 Å². The first kappa shape index (κ1) is 13.3. The van der Waals surface area contributed by atoms with Crippen LogP contribution in [-0.2, 0) is 6.42 Å². The van der Waals surface area contributed by atoms with E-state index in [1.165, 1.54) is 0 Å². The van der Waals surface area contributed by atoms with Crippen LogP contribution in [0.4, 0.5) is 0 Å². The maximum absolute atomic E-state index is 5.56. The second kappa shape index (κ2) is 6.71. The van der Waals surface area contributed by atoms with E-state index in [0.717, 1.165) is 35.3 Å². The zero-order valence-electron chi connectivity index (χ0n) is 10.4. The van der Waals surface area contributed by atoms with Gasteiger partial charge in [-0.1, -0.05) is 13.0 Å². The molecule has 1 N–H and O–H groups in total. The molecule has 3 nitrogen and oxygen atoms in total. The second-order valence-corrected chi connectivity index (χ2v) is 5.02. The lowest BCUT2D eigenvalue weighted by atomic mass is 10.1. The minimum Gasteiger partial charge on any atom is -0.466 e. The molecular formula is C14H17BrN2O. The minimum atomic E-state index is 0.157. The first-order valence-electron chi connectivity index (χ1n) is 6.17. The summed E-state index contributed by atoms with van der Waals surface area (Å²) < 4.78 is 6.57. The Morgan fingerprint density at radius 3 is 2.89 bits per heavy atom. The Morgan fingerprint density at radius 1 is 1.39 bits per heavy atom. The van der Waals surface area contributed by atoms with Crippen molar-refractivity contribution >= 4 is 15.9 Å². The first-order chi connectivity index (χ1) is 8.81. The highest BCUT2D eigenvalue weighted by Crippen LogP contribution is 2.26. The molecule has 2 rings (SSSR count). The average Bonchev–Trinajstić information content (AvgIpc) is 2.82. The van der Waals surface area contributed by atoms with E-state index in [0.29, 0.717) is 0 Å². The number of hydrogen-bond donors (Lipinski definition) is 1. The van der Waals surface area contributed by atoms with Crippen molar-refractivity contribution in [3.63, 3.8) is 0 Å². The highest BCUT2D eigenvalue weighted by atomic mass is 79.9. The largest absolute Gasteiger partial charge is 0.466 e. The Balaban J connectivity index is 2.13. The quantitative estimate of drug-likeness (QED) is 0.884. The third-order valence-electron chi connectivity index (χ3n) is 2.74. The lowest BCUT2D eigenvalue weighted by Gasteiger charge is -2.16. The van der Waals surface area contributed by atoms with Crippen LogP contribution >= 0.6 is 15.9 Å². The lowest BCUT2D eigenvalue weighted by molar-refractivity contribution is 0.406. The molecule has 0 fully saturated rings. The van der Waals surface area contributed by atoms with Crippen molar-refractivity contribution < 1.29 is 4.42 Å². The van der Waals surface area contributed by atoms with Gasteiger partial charge in [0.2, 0.25) is 0 Å². The summed E-state index contributed by atoms with van der Waals surface area (Å²) in [6.07, 6.45) is 5.45. The first-order valence-corrected chi connectivity index (χ1v) is 6.96. The number of pyridine rings is 1. The van der Waals surface area contributed by atoms with Crippen LogP contribution in [0.25, 0.3) is 0 Å². The van der Waals surface area contributed by atoms with Crippen LogP contribution in [0.15, 0.2) is 45.6 Å². The van der Waals surface area contributed by atoms with E-state index in [-0.39, 0.29) is 6.04 Å². The lowest BCUT2D eigenvalue weighted by Crippen LogP contribution is -2.24. The van der Waals surface area contributed by atoms with Gasteiger partial charge < -0.3 is 9.73 Å². The summed E-state index contributed by atoms with van der Waals surface area (Å²) in [5, 5.41) is 3.50. The summed E-state index contributed by atoms with van der Waals surface area (Å²) in [4.78, 5) is 4.37. The summed E-state index contributed by atoms with van der Waals surface area (Å²) >= 11 is 3.52. The summed E-state index contributed by atoms with van der Waals surface area (Å²) in [7, 11) is 0. The highest BCUT2D eigenvalue weighted by Gasteiger charge is 2.18. The SMILES string of the molecule is CCCNC(Cc1ccccn1)c1occc1Br. The predicted octanol–water partition coefficient (Wildman–Crippen LogP) is 3.72. The molecule has 2 heterocycles. The van der Waals surface area contributed by atoms with Gasteiger partial charge in [0, 0.05) is 18.3 Å². The molecule has 0 aromatic carbocycles. The van der Waals surface area contributed by atoms with Gasteiger partial charge in [0.15, 0.2) is 0 Å². The van der Waals surface area contributed by atoms with E-state index in [2.05, 4.69) is 33.2 Å². The van der Waals surface area contributed by atoms with Crippen molar-refractivity contribution in [3.05, 3.63) is 52.7 Å². The third kappa shape index (κ3) is 3.43. The molecule has 0 aliphatic heterocycles. The van der Waals surface area contributed by atoms with Gasteiger partial charge in [-0.05, 0) is 47.1 Å². The number of rotatable bonds is 6. The minimum absolute atomic E-state index is 0.157. The molecule has 0 spiro atoms. The number of nitrogens with zero attached hydrogens (tertiary/aromatic N) is 1. The van der Waals surface area contributed by atoms with Gasteiger partial charge in [-0.3, -0.25) is 4.98 Å². The maximum Gasteiger partial charge on any atom is 0.135 e. The number of furan rings is 1. The molecular weight excluding hydrogens is 292 g/mol. The number of aromatic nitrogens is 1. The van der Waals surface area contributed by atoms with E-state index in [1.807, 2.05) is 30.5 Å². The number of nitrogens with one attached hydrogen (secondary N) is 1. The molecule has 1 unspecified atom stereocenters. The molecule has 96 valence electrons. The van der Waals surface area contributed by atoms with Crippen molar-refractivity contribution in [2.75, 3.05) is 6.54 Å². The van der Waals surface area contributed by atoms with E-state index >= 15 is 0 Å². The fraction of sp³-hybridized carbons (Fsp3) is 0.357. The Bertz CT molecular complexity index is 470. The van der Waals surface area contributed by atoms with Crippen LogP contribution < -0.4 is 5.32 Å². The molecule has 0 saturated heterocycles. The van der Waals surface area contributed by atoms with Gasteiger partial charge in [0.05, 0.1) is 16.8 Å². The standard InChI is InChI=1S/C14H17BrN2O/c1-2-7-17-13(14-12(15)6-9-18-14)10-11-5-3-4-8-16-11/h3-6,8-9,13,17H,2,7,10H2,1H3. The average molecular weight is 309 g/mol. The second-order valence-electron chi connectivity index (χ2n) is 4.16. The zero-order chi connectivity index (χ0) is 12.8. The molecule has 0 bridgehead atoms. The Morgan fingerprint density at radius 2 is 2.28 bits per heavy atom. The number of hydrogen-bond acceptors (Lipinski definition) is 3. The smallest absolute Gasteiger partial charge is 0.135 e. The fourth-order valence-corrected chi connectivity index (χ4v) is 2.34. The predicted molar refractivity (Wildman–Crippen MR) is 75.4 cm³/mol. The fourth-order valence-electron chi connectivity index (χ4n) is 1.86. The Hall–Kier alpha value is -1.13. The summed E-state index contributed by atoms with van der Waals surface area (Å²) in [6, 6.07) is 8.06. The molecule has 0 amide bonds. The molecule has 18 heavy (non-hydrogen) atoms. The van der Waals surface area contributed by atoms with Crippen molar-refractivity contribution in [1.82, 2.24) is 10.3 Å². The van der Waals surface area contributed by atoms with Crippen molar-refractivity contribution in [2.24, 2.45) is 0 Å². The van der Waals surface area contributed by atoms with Crippen LogP contribution in [-0.4, -0.2) is 11.5 Å². The summed E-state index contributed by atoms with van der Waals surface area (Å²) in [5.74, 6) is 0.939. The van der Waals surface area contributed by atoms with Crippen molar-refractivity contribution in [3.8, 4) is 0 Å². The maximum atomic E-state index is 5.56. The number of halogens is 1. The monoisotopic (exact) mass is 308 g/mol. The van der Waals surface area contributed by atoms with Crippen LogP contribution in [0.2, 0.25) is 0 Å². The topological polar surface area (TPSA) is 38.1 Å². The van der Waals surface area contributed by atoms with Gasteiger partial charge in [-0.25, -0.2) is 0 Å². The molecule has 2 aromatic heterocycles. The summed E-state index contributed by atoms with van der Waals surface area (Å²) in [6.45, 7) is 3.12.